The highest BCUT2D eigenvalue weighted by Gasteiger charge is 2.28. The molecule has 0 saturated heterocycles. The van der Waals surface area contributed by atoms with Crippen molar-refractivity contribution in [3.63, 3.8) is 0 Å². The molecule has 1 aliphatic heterocycles. The average molecular weight is 333 g/mol. The summed E-state index contributed by atoms with van der Waals surface area (Å²) in [6, 6.07) is 23.9. The van der Waals surface area contributed by atoms with Crippen molar-refractivity contribution in [2.24, 2.45) is 0 Å². The molecule has 0 amide bonds. The first-order valence-corrected chi connectivity index (χ1v) is 8.78. The molecule has 0 radical (unpaired) electrons. The fourth-order valence-corrected chi connectivity index (χ4v) is 4.15. The molecular formula is C19H16BNO2S. The summed E-state index contributed by atoms with van der Waals surface area (Å²) in [5.41, 5.74) is 4.54. The van der Waals surface area contributed by atoms with Crippen LogP contribution in [0.15, 0.2) is 77.7 Å². The van der Waals surface area contributed by atoms with Crippen molar-refractivity contribution in [1.29, 1.82) is 0 Å². The highest BCUT2D eigenvalue weighted by Crippen LogP contribution is 2.44. The van der Waals surface area contributed by atoms with Gasteiger partial charge in [0.2, 0.25) is 0 Å². The van der Waals surface area contributed by atoms with E-state index in [1.54, 1.807) is 17.8 Å². The van der Waals surface area contributed by atoms with Crippen LogP contribution in [-0.2, 0) is 0 Å². The van der Waals surface area contributed by atoms with Crippen LogP contribution in [0.5, 0.6) is 0 Å². The van der Waals surface area contributed by atoms with Crippen molar-refractivity contribution < 1.29 is 10.0 Å². The van der Waals surface area contributed by atoms with Crippen molar-refractivity contribution in [2.45, 2.75) is 4.90 Å². The van der Waals surface area contributed by atoms with Gasteiger partial charge in [0.15, 0.2) is 0 Å². The zero-order valence-corrected chi connectivity index (χ0v) is 13.8. The lowest BCUT2D eigenvalue weighted by molar-refractivity contribution is 0.426. The SMILES string of the molecule is OB(O)c1cccc(-c2ccccc2)c1N1CSc2ccccc21. The number of nitrogens with zero attached hydrogens (tertiary/aromatic N) is 1. The number of thioether (sulfide) groups is 1. The number of para-hydroxylation sites is 2. The first kappa shape index (κ1) is 15.3. The fraction of sp³-hybridized carbons (Fsp3) is 0.0526. The smallest absolute Gasteiger partial charge is 0.423 e. The second-order valence-corrected chi connectivity index (χ2v) is 6.64. The molecule has 0 fully saturated rings. The monoisotopic (exact) mass is 333 g/mol. The van der Waals surface area contributed by atoms with E-state index in [1.165, 1.54) is 4.90 Å². The van der Waals surface area contributed by atoms with E-state index >= 15 is 0 Å². The van der Waals surface area contributed by atoms with E-state index < -0.39 is 7.12 Å². The molecule has 24 heavy (non-hydrogen) atoms. The number of hydrogen-bond acceptors (Lipinski definition) is 4. The summed E-state index contributed by atoms with van der Waals surface area (Å²) in [5.74, 6) is 0.753. The Morgan fingerprint density at radius 1 is 0.833 bits per heavy atom. The minimum absolute atomic E-state index is 0.522. The molecule has 118 valence electrons. The van der Waals surface area contributed by atoms with Crippen LogP contribution in [0.1, 0.15) is 0 Å². The predicted octanol–water partition coefficient (Wildman–Crippen LogP) is 3.23. The van der Waals surface area contributed by atoms with Gasteiger partial charge in [-0.3, -0.25) is 0 Å². The van der Waals surface area contributed by atoms with Gasteiger partial charge in [-0.05, 0) is 17.7 Å². The summed E-state index contributed by atoms with van der Waals surface area (Å²) in [4.78, 5) is 3.37. The van der Waals surface area contributed by atoms with Crippen LogP contribution < -0.4 is 10.4 Å². The van der Waals surface area contributed by atoms with Crippen molar-refractivity contribution >= 4 is 35.7 Å². The van der Waals surface area contributed by atoms with Crippen molar-refractivity contribution in [1.82, 2.24) is 0 Å². The first-order valence-electron chi connectivity index (χ1n) is 7.79. The summed E-state index contributed by atoms with van der Waals surface area (Å²) in [6.45, 7) is 0. The lowest BCUT2D eigenvalue weighted by Gasteiger charge is -2.25. The van der Waals surface area contributed by atoms with E-state index in [-0.39, 0.29) is 0 Å². The molecule has 1 aliphatic rings. The van der Waals surface area contributed by atoms with Gasteiger partial charge in [0.05, 0.1) is 11.6 Å². The topological polar surface area (TPSA) is 43.7 Å². The van der Waals surface area contributed by atoms with Gasteiger partial charge in [-0.2, -0.15) is 0 Å². The van der Waals surface area contributed by atoms with Gasteiger partial charge in [-0.25, -0.2) is 0 Å². The van der Waals surface area contributed by atoms with Gasteiger partial charge in [-0.1, -0.05) is 60.7 Å². The zero-order valence-electron chi connectivity index (χ0n) is 13.0. The quantitative estimate of drug-likeness (QED) is 0.723. The largest absolute Gasteiger partial charge is 0.490 e. The number of hydrogen-bond donors (Lipinski definition) is 2. The first-order chi connectivity index (χ1) is 11.8. The summed E-state index contributed by atoms with van der Waals surface area (Å²) in [6.07, 6.45) is 0. The van der Waals surface area contributed by atoms with E-state index in [0.717, 1.165) is 28.4 Å². The highest BCUT2D eigenvalue weighted by molar-refractivity contribution is 7.99. The number of benzene rings is 3. The molecule has 1 heterocycles. The molecule has 5 heteroatoms. The Morgan fingerprint density at radius 3 is 2.38 bits per heavy atom. The Morgan fingerprint density at radius 2 is 1.58 bits per heavy atom. The number of rotatable bonds is 3. The van der Waals surface area contributed by atoms with E-state index in [0.29, 0.717) is 5.46 Å². The van der Waals surface area contributed by atoms with E-state index in [2.05, 4.69) is 17.0 Å². The van der Waals surface area contributed by atoms with Gasteiger partial charge in [-0.15, -0.1) is 11.8 Å². The Bertz CT molecular complexity index is 870. The standard InChI is InChI=1S/C19H16BNO2S/c22-20(23)16-10-6-9-15(14-7-2-1-3-8-14)19(16)21-13-24-18-12-5-4-11-17(18)21/h1-12,22-23H,13H2. The molecular weight excluding hydrogens is 317 g/mol. The van der Waals surface area contributed by atoms with Crippen LogP contribution in [0.4, 0.5) is 11.4 Å². The third kappa shape index (κ3) is 2.61. The molecule has 0 unspecified atom stereocenters. The van der Waals surface area contributed by atoms with Crippen LogP contribution in [0.25, 0.3) is 11.1 Å². The fourth-order valence-electron chi connectivity index (χ4n) is 3.11. The van der Waals surface area contributed by atoms with Crippen LogP contribution in [0, 0.1) is 0 Å². The lowest BCUT2D eigenvalue weighted by atomic mass is 9.76. The minimum Gasteiger partial charge on any atom is -0.423 e. The molecule has 0 atom stereocenters. The molecule has 3 aromatic rings. The Labute approximate surface area is 145 Å². The van der Waals surface area contributed by atoms with Gasteiger partial charge >= 0.3 is 7.12 Å². The Balaban J connectivity index is 1.94. The van der Waals surface area contributed by atoms with Gasteiger partial charge < -0.3 is 14.9 Å². The van der Waals surface area contributed by atoms with E-state index in [1.807, 2.05) is 54.6 Å². The number of anilines is 2. The lowest BCUT2D eigenvalue weighted by Crippen LogP contribution is -2.35. The summed E-state index contributed by atoms with van der Waals surface area (Å²) in [5, 5.41) is 19.8. The van der Waals surface area contributed by atoms with Crippen LogP contribution in [-0.4, -0.2) is 23.0 Å². The third-order valence-corrected chi connectivity index (χ3v) is 5.25. The molecule has 0 spiro atoms. The van der Waals surface area contributed by atoms with Gasteiger partial charge in [0.25, 0.3) is 0 Å². The predicted molar refractivity (Wildman–Crippen MR) is 101 cm³/mol. The molecule has 0 bridgehead atoms. The molecule has 0 aromatic heterocycles. The van der Waals surface area contributed by atoms with Crippen LogP contribution >= 0.6 is 11.8 Å². The molecule has 0 aliphatic carbocycles. The van der Waals surface area contributed by atoms with Crippen molar-refractivity contribution in [2.75, 3.05) is 10.8 Å². The Hall–Kier alpha value is -2.21. The maximum absolute atomic E-state index is 9.91. The molecule has 3 nitrogen and oxygen atoms in total. The van der Waals surface area contributed by atoms with E-state index in [4.69, 9.17) is 0 Å². The number of fused-ring (bicyclic) bond motifs is 1. The second-order valence-electron chi connectivity index (χ2n) is 5.65. The average Bonchev–Trinajstić information content (AvgIpc) is 3.05. The normalized spacial score (nSPS) is 13.0. The molecule has 2 N–H and O–H groups in total. The maximum atomic E-state index is 9.91. The molecule has 4 rings (SSSR count). The van der Waals surface area contributed by atoms with Crippen LogP contribution in [0.2, 0.25) is 0 Å². The maximum Gasteiger partial charge on any atom is 0.490 e. The summed E-state index contributed by atoms with van der Waals surface area (Å²) in [7, 11) is -1.51. The minimum atomic E-state index is -1.51. The zero-order chi connectivity index (χ0) is 16.5. The second kappa shape index (κ2) is 6.36. The van der Waals surface area contributed by atoms with Crippen molar-refractivity contribution in [3.05, 3.63) is 72.8 Å². The molecule has 3 aromatic carbocycles. The van der Waals surface area contributed by atoms with Crippen molar-refractivity contribution in [3.8, 4) is 11.1 Å². The summed E-state index contributed by atoms with van der Waals surface area (Å²) >= 11 is 1.76. The van der Waals surface area contributed by atoms with Gasteiger partial charge in [0, 0.05) is 21.6 Å². The van der Waals surface area contributed by atoms with E-state index in [9.17, 15) is 10.0 Å². The van der Waals surface area contributed by atoms with Gasteiger partial charge in [0.1, 0.15) is 0 Å². The summed E-state index contributed by atoms with van der Waals surface area (Å²) < 4.78 is 0. The highest BCUT2D eigenvalue weighted by atomic mass is 32.2. The third-order valence-electron chi connectivity index (χ3n) is 4.21. The van der Waals surface area contributed by atoms with Crippen LogP contribution in [0.3, 0.4) is 0 Å². The Kier molecular flexibility index (Phi) is 4.06. The molecule has 0 saturated carbocycles.